The molecule has 0 saturated carbocycles. The number of nitrogens with two attached hydrogens (primary N) is 1. The first-order chi connectivity index (χ1) is 8.19. The molecule has 0 bridgehead atoms. The van der Waals surface area contributed by atoms with Crippen LogP contribution in [0.1, 0.15) is 6.92 Å². The van der Waals surface area contributed by atoms with Crippen LogP contribution in [0.4, 0.5) is 5.69 Å². The molecule has 0 unspecified atom stereocenters. The van der Waals surface area contributed by atoms with Crippen LogP contribution in [0.3, 0.4) is 0 Å². The van der Waals surface area contributed by atoms with Gasteiger partial charge in [0.2, 0.25) is 5.71 Å². The monoisotopic (exact) mass is 247 g/mol. The molecule has 1 aromatic carbocycles. The van der Waals surface area contributed by atoms with E-state index in [0.717, 1.165) is 16.3 Å². The van der Waals surface area contributed by atoms with Crippen LogP contribution in [0.25, 0.3) is 0 Å². The Kier molecular flexibility index (Phi) is 5.04. The van der Waals surface area contributed by atoms with Crippen molar-refractivity contribution in [3.8, 4) is 6.07 Å². The molecule has 0 aromatic heterocycles. The summed E-state index contributed by atoms with van der Waals surface area (Å²) in [7, 11) is 0. The number of para-hydroxylation sites is 1. The van der Waals surface area contributed by atoms with Gasteiger partial charge in [-0.1, -0.05) is 19.1 Å². The van der Waals surface area contributed by atoms with Crippen molar-refractivity contribution >= 4 is 29.0 Å². The average molecular weight is 247 g/mol. The Morgan fingerprint density at radius 3 is 2.88 bits per heavy atom. The van der Waals surface area contributed by atoms with Gasteiger partial charge in [-0.3, -0.25) is 10.8 Å². The normalized spacial score (nSPS) is 10.7. The number of thioether (sulfide) groups is 1. The number of amidine groups is 1. The second-order valence-electron chi connectivity index (χ2n) is 3.03. The van der Waals surface area contributed by atoms with Crippen molar-refractivity contribution in [2.24, 2.45) is 10.8 Å². The Balaban J connectivity index is 2.89. The van der Waals surface area contributed by atoms with Crippen molar-refractivity contribution in [3.63, 3.8) is 0 Å². The minimum absolute atomic E-state index is 0.124. The smallest absolute Gasteiger partial charge is 0.201 e. The fraction of sp³-hybridized carbons (Fsp3) is 0.182. The molecule has 0 amide bonds. The summed E-state index contributed by atoms with van der Waals surface area (Å²) in [6.45, 7) is 2.06. The third kappa shape index (κ3) is 3.81. The summed E-state index contributed by atoms with van der Waals surface area (Å²) in [6.07, 6.45) is 0. The maximum absolute atomic E-state index is 8.70. The molecule has 1 rings (SSSR count). The zero-order chi connectivity index (χ0) is 12.7. The molecule has 0 saturated heterocycles. The topological polar surface area (TPSA) is 98.0 Å². The second-order valence-corrected chi connectivity index (χ2v) is 4.33. The summed E-state index contributed by atoms with van der Waals surface area (Å²) in [4.78, 5) is 1.04. The lowest BCUT2D eigenvalue weighted by Crippen LogP contribution is -2.21. The number of hydrogen-bond acceptors (Lipinski definition) is 5. The molecule has 17 heavy (non-hydrogen) atoms. The van der Waals surface area contributed by atoms with Crippen LogP contribution in [0.5, 0.6) is 0 Å². The number of anilines is 1. The number of hydrogen-bond donors (Lipinski definition) is 3. The van der Waals surface area contributed by atoms with Crippen molar-refractivity contribution in [3.05, 3.63) is 24.3 Å². The number of hydrazone groups is 1. The predicted octanol–water partition coefficient (Wildman–Crippen LogP) is 2.03. The van der Waals surface area contributed by atoms with E-state index >= 15 is 0 Å². The molecule has 0 fully saturated rings. The SMILES string of the molecule is CCSc1ccccc1N/N=C(\C#N)C(=N)N. The first-order valence-corrected chi connectivity index (χ1v) is 5.97. The van der Waals surface area contributed by atoms with Gasteiger partial charge in [-0.25, -0.2) is 0 Å². The number of nitriles is 1. The van der Waals surface area contributed by atoms with Gasteiger partial charge in [0, 0.05) is 4.90 Å². The van der Waals surface area contributed by atoms with E-state index in [0.29, 0.717) is 0 Å². The Bertz CT molecular complexity index is 475. The van der Waals surface area contributed by atoms with E-state index in [1.54, 1.807) is 17.8 Å². The molecule has 6 heteroatoms. The van der Waals surface area contributed by atoms with Gasteiger partial charge >= 0.3 is 0 Å². The Labute approximate surface area is 104 Å². The van der Waals surface area contributed by atoms with Gasteiger partial charge in [-0.15, -0.1) is 11.8 Å². The molecule has 4 N–H and O–H groups in total. The Morgan fingerprint density at radius 1 is 1.59 bits per heavy atom. The molecule has 0 aliphatic carbocycles. The van der Waals surface area contributed by atoms with Gasteiger partial charge < -0.3 is 5.73 Å². The molecule has 5 nitrogen and oxygen atoms in total. The van der Waals surface area contributed by atoms with Gasteiger partial charge in [-0.2, -0.15) is 10.4 Å². The van der Waals surface area contributed by atoms with E-state index in [9.17, 15) is 0 Å². The second kappa shape index (κ2) is 6.55. The third-order valence-corrected chi connectivity index (χ3v) is 2.79. The maximum Gasteiger partial charge on any atom is 0.201 e. The van der Waals surface area contributed by atoms with Crippen LogP contribution in [-0.4, -0.2) is 17.3 Å². The molecule has 0 spiro atoms. The summed E-state index contributed by atoms with van der Waals surface area (Å²) in [5.74, 6) is 0.598. The first-order valence-electron chi connectivity index (χ1n) is 4.99. The summed E-state index contributed by atoms with van der Waals surface area (Å²) in [6, 6.07) is 9.38. The van der Waals surface area contributed by atoms with E-state index in [1.165, 1.54) is 0 Å². The summed E-state index contributed by atoms with van der Waals surface area (Å²) in [5.41, 5.74) is 8.62. The van der Waals surface area contributed by atoms with E-state index in [4.69, 9.17) is 16.4 Å². The lowest BCUT2D eigenvalue weighted by Gasteiger charge is -2.07. The third-order valence-electron chi connectivity index (χ3n) is 1.84. The molecular formula is C11H13N5S. The van der Waals surface area contributed by atoms with Crippen molar-refractivity contribution in [2.75, 3.05) is 11.2 Å². The van der Waals surface area contributed by atoms with Gasteiger partial charge in [0.05, 0.1) is 5.69 Å². The predicted molar refractivity (Wildman–Crippen MR) is 71.4 cm³/mol. The van der Waals surface area contributed by atoms with Crippen molar-refractivity contribution in [2.45, 2.75) is 11.8 Å². The molecule has 0 heterocycles. The summed E-state index contributed by atoms with van der Waals surface area (Å²) < 4.78 is 0. The lowest BCUT2D eigenvalue weighted by atomic mass is 10.3. The van der Waals surface area contributed by atoms with Gasteiger partial charge in [0.15, 0.2) is 5.84 Å². The highest BCUT2D eigenvalue weighted by atomic mass is 32.2. The maximum atomic E-state index is 8.70. The molecule has 0 radical (unpaired) electrons. The quantitative estimate of drug-likeness (QED) is 0.321. The zero-order valence-corrected chi connectivity index (χ0v) is 10.2. The van der Waals surface area contributed by atoms with Crippen LogP contribution in [0.15, 0.2) is 34.3 Å². The fourth-order valence-corrected chi connectivity index (χ4v) is 1.86. The first kappa shape index (κ1) is 13.1. The van der Waals surface area contributed by atoms with Crippen molar-refractivity contribution in [1.82, 2.24) is 0 Å². The standard InChI is InChI=1S/C11H13N5S/c1-2-17-10-6-4-3-5-8(10)15-16-9(7-12)11(13)14/h3-6,15H,2H2,1H3,(H3,13,14)/b16-9+. The largest absolute Gasteiger partial charge is 0.382 e. The molecule has 0 atom stereocenters. The minimum atomic E-state index is -0.347. The van der Waals surface area contributed by atoms with Crippen LogP contribution >= 0.6 is 11.8 Å². The number of benzene rings is 1. The highest BCUT2D eigenvalue weighted by molar-refractivity contribution is 7.99. The molecule has 0 aliphatic heterocycles. The highest BCUT2D eigenvalue weighted by Crippen LogP contribution is 2.26. The van der Waals surface area contributed by atoms with Crippen LogP contribution < -0.4 is 11.2 Å². The van der Waals surface area contributed by atoms with E-state index in [1.807, 2.05) is 24.3 Å². The number of nitrogens with zero attached hydrogens (tertiary/aromatic N) is 2. The van der Waals surface area contributed by atoms with E-state index in [-0.39, 0.29) is 11.5 Å². The van der Waals surface area contributed by atoms with Crippen molar-refractivity contribution in [1.29, 1.82) is 10.7 Å². The van der Waals surface area contributed by atoms with Crippen LogP contribution in [-0.2, 0) is 0 Å². The molecule has 88 valence electrons. The minimum Gasteiger partial charge on any atom is -0.382 e. The van der Waals surface area contributed by atoms with Crippen molar-refractivity contribution < 1.29 is 0 Å². The van der Waals surface area contributed by atoms with Gasteiger partial charge in [0.1, 0.15) is 6.07 Å². The summed E-state index contributed by atoms with van der Waals surface area (Å²) in [5, 5.41) is 19.6. The van der Waals surface area contributed by atoms with E-state index in [2.05, 4.69) is 17.5 Å². The zero-order valence-electron chi connectivity index (χ0n) is 9.40. The Hall–Kier alpha value is -2.00. The number of rotatable bonds is 5. The van der Waals surface area contributed by atoms with Gasteiger partial charge in [-0.05, 0) is 17.9 Å². The highest BCUT2D eigenvalue weighted by Gasteiger charge is 2.03. The fourth-order valence-electron chi connectivity index (χ4n) is 1.10. The van der Waals surface area contributed by atoms with E-state index < -0.39 is 0 Å². The van der Waals surface area contributed by atoms with Crippen LogP contribution in [0.2, 0.25) is 0 Å². The van der Waals surface area contributed by atoms with Crippen LogP contribution in [0, 0.1) is 16.7 Å². The molecule has 0 aliphatic rings. The molecular weight excluding hydrogens is 234 g/mol. The molecule has 1 aromatic rings. The number of nitrogens with one attached hydrogen (secondary N) is 2. The lowest BCUT2D eigenvalue weighted by molar-refractivity contribution is 1.28. The van der Waals surface area contributed by atoms with Gasteiger partial charge in [0.25, 0.3) is 0 Å². The Morgan fingerprint density at radius 2 is 2.29 bits per heavy atom. The summed E-state index contributed by atoms with van der Waals surface area (Å²) >= 11 is 1.67. The average Bonchev–Trinajstić information content (AvgIpc) is 2.32.